The highest BCUT2D eigenvalue weighted by atomic mass is 16.5. The van der Waals surface area contributed by atoms with Gasteiger partial charge in [-0.25, -0.2) is 4.79 Å². The van der Waals surface area contributed by atoms with Gasteiger partial charge in [0.15, 0.2) is 0 Å². The summed E-state index contributed by atoms with van der Waals surface area (Å²) >= 11 is 0. The summed E-state index contributed by atoms with van der Waals surface area (Å²) in [6.45, 7) is 2.15. The van der Waals surface area contributed by atoms with Crippen molar-refractivity contribution in [3.63, 3.8) is 0 Å². The summed E-state index contributed by atoms with van der Waals surface area (Å²) in [5.41, 5.74) is 6.67. The van der Waals surface area contributed by atoms with Crippen LogP contribution in [0.3, 0.4) is 0 Å². The summed E-state index contributed by atoms with van der Waals surface area (Å²) in [7, 11) is 1.60. The highest BCUT2D eigenvalue weighted by Gasteiger charge is 2.05. The molecule has 0 radical (unpaired) electrons. The largest absolute Gasteiger partial charge is 0.497 e. The number of benzene rings is 1. The molecule has 0 amide bonds. The lowest BCUT2D eigenvalue weighted by molar-refractivity contribution is -0.132. The van der Waals surface area contributed by atoms with E-state index in [0.29, 0.717) is 12.2 Å². The quantitative estimate of drug-likeness (QED) is 0.666. The van der Waals surface area contributed by atoms with Gasteiger partial charge in [-0.1, -0.05) is 12.1 Å². The van der Waals surface area contributed by atoms with Gasteiger partial charge in [-0.2, -0.15) is 0 Å². The van der Waals surface area contributed by atoms with E-state index in [9.17, 15) is 4.79 Å². The molecular formula is C12H16N2O3. The first-order valence-electron chi connectivity index (χ1n) is 5.11. The van der Waals surface area contributed by atoms with Crippen LogP contribution < -0.4 is 15.8 Å². The third kappa shape index (κ3) is 3.71. The molecule has 0 fully saturated rings. The lowest BCUT2D eigenvalue weighted by Crippen LogP contribution is -2.20. The van der Waals surface area contributed by atoms with E-state index in [2.05, 4.69) is 5.32 Å². The Hall–Kier alpha value is -2.17. The highest BCUT2D eigenvalue weighted by Crippen LogP contribution is 2.11. The number of ether oxygens (including phenoxy) is 1. The number of carboxylic acid groups (broad SMARTS) is 1. The van der Waals surface area contributed by atoms with Crippen LogP contribution in [-0.2, 0) is 11.3 Å². The number of aliphatic carboxylic acids is 1. The zero-order valence-electron chi connectivity index (χ0n) is 9.86. The molecule has 0 saturated heterocycles. The molecular weight excluding hydrogens is 220 g/mol. The number of nitrogens with two attached hydrogens (primary N) is 1. The molecule has 0 aliphatic carbocycles. The van der Waals surface area contributed by atoms with Gasteiger partial charge in [0.05, 0.1) is 7.11 Å². The van der Waals surface area contributed by atoms with Crippen molar-refractivity contribution in [1.82, 2.24) is 5.32 Å². The van der Waals surface area contributed by atoms with Crippen molar-refractivity contribution >= 4 is 5.97 Å². The number of hydrogen-bond donors (Lipinski definition) is 3. The second-order valence-electron chi connectivity index (χ2n) is 3.55. The third-order valence-corrected chi connectivity index (χ3v) is 2.35. The van der Waals surface area contributed by atoms with Gasteiger partial charge in [-0.05, 0) is 24.6 Å². The molecule has 0 aliphatic heterocycles. The normalized spacial score (nSPS) is 11.6. The van der Waals surface area contributed by atoms with E-state index >= 15 is 0 Å². The average Bonchev–Trinajstić information content (AvgIpc) is 2.35. The average molecular weight is 236 g/mol. The minimum Gasteiger partial charge on any atom is -0.497 e. The van der Waals surface area contributed by atoms with E-state index in [-0.39, 0.29) is 5.70 Å². The summed E-state index contributed by atoms with van der Waals surface area (Å²) in [6.07, 6.45) is 0. The fourth-order valence-electron chi connectivity index (χ4n) is 1.23. The van der Waals surface area contributed by atoms with Crippen molar-refractivity contribution in [2.75, 3.05) is 7.11 Å². The van der Waals surface area contributed by atoms with Gasteiger partial charge in [0.1, 0.15) is 11.4 Å². The van der Waals surface area contributed by atoms with Gasteiger partial charge >= 0.3 is 5.97 Å². The van der Waals surface area contributed by atoms with Crippen LogP contribution in [0.2, 0.25) is 0 Å². The molecule has 4 N–H and O–H groups in total. The molecule has 0 bridgehead atoms. The van der Waals surface area contributed by atoms with E-state index < -0.39 is 5.97 Å². The SMILES string of the molecule is COc1ccc(CN/C(C)=C(\N)C(=O)O)cc1. The first-order valence-corrected chi connectivity index (χ1v) is 5.11. The third-order valence-electron chi connectivity index (χ3n) is 2.35. The standard InChI is InChI=1S/C12H16N2O3/c1-8(11(13)12(15)16)14-7-9-3-5-10(17-2)6-4-9/h3-6,14H,7,13H2,1-2H3,(H,15,16)/b11-8-. The van der Waals surface area contributed by atoms with Gasteiger partial charge in [-0.15, -0.1) is 0 Å². The lowest BCUT2D eigenvalue weighted by Gasteiger charge is -2.08. The van der Waals surface area contributed by atoms with E-state index in [4.69, 9.17) is 15.6 Å². The van der Waals surface area contributed by atoms with Crippen LogP contribution in [0.25, 0.3) is 0 Å². The maximum absolute atomic E-state index is 10.6. The number of carboxylic acids is 1. The molecule has 0 saturated carbocycles. The Labute approximate surface area is 99.9 Å². The fourth-order valence-corrected chi connectivity index (χ4v) is 1.23. The Kier molecular flexibility index (Phi) is 4.39. The fraction of sp³-hybridized carbons (Fsp3) is 0.250. The molecule has 0 unspecified atom stereocenters. The van der Waals surface area contributed by atoms with Gasteiger partial charge in [-0.3, -0.25) is 0 Å². The van der Waals surface area contributed by atoms with Crippen molar-refractivity contribution < 1.29 is 14.6 Å². The summed E-state index contributed by atoms with van der Waals surface area (Å²) in [5, 5.41) is 11.6. The topological polar surface area (TPSA) is 84.6 Å². The number of nitrogens with one attached hydrogen (secondary N) is 1. The first kappa shape index (κ1) is 12.9. The molecule has 0 aliphatic rings. The van der Waals surface area contributed by atoms with Crippen LogP contribution in [0.5, 0.6) is 5.75 Å². The summed E-state index contributed by atoms with van der Waals surface area (Å²) < 4.78 is 5.04. The second kappa shape index (κ2) is 5.79. The molecule has 1 aromatic carbocycles. The molecule has 0 heterocycles. The number of rotatable bonds is 5. The Bertz CT molecular complexity index is 424. The molecule has 5 heteroatoms. The Morgan fingerprint density at radius 2 is 2.00 bits per heavy atom. The molecule has 1 aromatic rings. The van der Waals surface area contributed by atoms with E-state index in [1.54, 1.807) is 14.0 Å². The first-order chi connectivity index (χ1) is 8.04. The van der Waals surface area contributed by atoms with Crippen molar-refractivity contribution in [2.45, 2.75) is 13.5 Å². The summed E-state index contributed by atoms with van der Waals surface area (Å²) in [5.74, 6) is -0.337. The Balaban J connectivity index is 2.61. The van der Waals surface area contributed by atoms with Crippen LogP contribution in [0.15, 0.2) is 35.7 Å². The summed E-state index contributed by atoms with van der Waals surface area (Å²) in [6, 6.07) is 7.49. The van der Waals surface area contributed by atoms with Crippen LogP contribution in [0.1, 0.15) is 12.5 Å². The monoisotopic (exact) mass is 236 g/mol. The van der Waals surface area contributed by atoms with Crippen molar-refractivity contribution in [1.29, 1.82) is 0 Å². The molecule has 17 heavy (non-hydrogen) atoms. The zero-order valence-corrected chi connectivity index (χ0v) is 9.86. The van der Waals surface area contributed by atoms with Crippen molar-refractivity contribution in [3.05, 3.63) is 41.2 Å². The number of hydrogen-bond acceptors (Lipinski definition) is 4. The Morgan fingerprint density at radius 3 is 2.47 bits per heavy atom. The Morgan fingerprint density at radius 1 is 1.41 bits per heavy atom. The molecule has 1 rings (SSSR count). The van der Waals surface area contributed by atoms with Gasteiger partial charge in [0.25, 0.3) is 0 Å². The number of allylic oxidation sites excluding steroid dienone is 1. The van der Waals surface area contributed by atoms with E-state index in [1.165, 1.54) is 0 Å². The molecule has 0 spiro atoms. The second-order valence-corrected chi connectivity index (χ2v) is 3.55. The maximum Gasteiger partial charge on any atom is 0.353 e. The summed E-state index contributed by atoms with van der Waals surface area (Å²) in [4.78, 5) is 10.6. The van der Waals surface area contributed by atoms with Gasteiger partial charge < -0.3 is 20.9 Å². The molecule has 0 atom stereocenters. The minimum atomic E-state index is -1.12. The van der Waals surface area contributed by atoms with Crippen LogP contribution in [0, 0.1) is 0 Å². The van der Waals surface area contributed by atoms with Gasteiger partial charge in [0.2, 0.25) is 0 Å². The molecule has 92 valence electrons. The van der Waals surface area contributed by atoms with Crippen LogP contribution in [-0.4, -0.2) is 18.2 Å². The smallest absolute Gasteiger partial charge is 0.353 e. The van der Waals surface area contributed by atoms with Crippen LogP contribution in [0.4, 0.5) is 0 Å². The minimum absolute atomic E-state index is 0.168. The van der Waals surface area contributed by atoms with Crippen molar-refractivity contribution in [2.24, 2.45) is 5.73 Å². The highest BCUT2D eigenvalue weighted by molar-refractivity contribution is 5.86. The van der Waals surface area contributed by atoms with Gasteiger partial charge in [0, 0.05) is 12.2 Å². The lowest BCUT2D eigenvalue weighted by atomic mass is 10.2. The van der Waals surface area contributed by atoms with Crippen molar-refractivity contribution in [3.8, 4) is 5.75 Å². The predicted octanol–water partition coefficient (Wildman–Crippen LogP) is 1.06. The number of methoxy groups -OCH3 is 1. The van der Waals surface area contributed by atoms with E-state index in [1.807, 2.05) is 24.3 Å². The van der Waals surface area contributed by atoms with Crippen LogP contribution >= 0.6 is 0 Å². The molecule has 5 nitrogen and oxygen atoms in total. The van der Waals surface area contributed by atoms with E-state index in [0.717, 1.165) is 11.3 Å². The zero-order chi connectivity index (χ0) is 12.8. The predicted molar refractivity (Wildman–Crippen MR) is 64.4 cm³/mol. The maximum atomic E-state index is 10.6. The number of carbonyl (C=O) groups is 1. The molecule has 0 aromatic heterocycles.